The van der Waals surface area contributed by atoms with Crippen molar-refractivity contribution in [1.29, 1.82) is 0 Å². The zero-order valence-corrected chi connectivity index (χ0v) is 28.3. The van der Waals surface area contributed by atoms with Crippen LogP contribution in [0.1, 0.15) is 0 Å². The number of hydrogen-bond donors (Lipinski definition) is 0. The number of oxazole rings is 1. The lowest BCUT2D eigenvalue weighted by atomic mass is 10.0. The van der Waals surface area contributed by atoms with E-state index in [1.54, 1.807) is 0 Å². The van der Waals surface area contributed by atoms with Gasteiger partial charge in [-0.3, -0.25) is 0 Å². The van der Waals surface area contributed by atoms with Gasteiger partial charge in [0.05, 0.1) is 0 Å². The molecule has 0 amide bonds. The van der Waals surface area contributed by atoms with E-state index < -0.39 is 0 Å². The molecule has 0 bridgehead atoms. The summed E-state index contributed by atoms with van der Waals surface area (Å²) in [4.78, 5) is 7.30. The SMILES string of the molecule is c1ccc(-c2cccc(N(c3ccc(-c4cccc5nc(-c6cccc7ccccc67)oc45)cc3)c3ccc4c(c3)sc3ccccc34)c2)cc1. The summed E-state index contributed by atoms with van der Waals surface area (Å²) in [6, 6.07) is 64.5. The number of aromatic nitrogens is 1. The van der Waals surface area contributed by atoms with Crippen molar-refractivity contribution < 1.29 is 4.42 Å². The van der Waals surface area contributed by atoms with Crippen LogP contribution < -0.4 is 4.90 Å². The first-order chi connectivity index (χ1) is 25.3. The van der Waals surface area contributed by atoms with Crippen LogP contribution in [-0.4, -0.2) is 4.98 Å². The lowest BCUT2D eigenvalue weighted by molar-refractivity contribution is 0.621. The molecule has 8 aromatic carbocycles. The molecular weight excluding hydrogens is 641 g/mol. The Morgan fingerprint density at radius 2 is 1.10 bits per heavy atom. The monoisotopic (exact) mass is 670 g/mol. The smallest absolute Gasteiger partial charge is 0.227 e. The third-order valence-corrected chi connectivity index (χ3v) is 10.8. The molecular formula is C47H30N2OS. The number of nitrogens with zero attached hydrogens (tertiary/aromatic N) is 2. The molecule has 0 unspecified atom stereocenters. The molecule has 10 aromatic rings. The fourth-order valence-corrected chi connectivity index (χ4v) is 8.39. The first-order valence-corrected chi connectivity index (χ1v) is 17.9. The zero-order chi connectivity index (χ0) is 33.7. The summed E-state index contributed by atoms with van der Waals surface area (Å²) in [6.45, 7) is 0. The van der Waals surface area contributed by atoms with Crippen LogP contribution in [-0.2, 0) is 0 Å². The van der Waals surface area contributed by atoms with E-state index in [9.17, 15) is 0 Å². The maximum Gasteiger partial charge on any atom is 0.227 e. The van der Waals surface area contributed by atoms with Gasteiger partial charge in [-0.2, -0.15) is 0 Å². The maximum absolute atomic E-state index is 6.56. The van der Waals surface area contributed by atoms with Crippen molar-refractivity contribution in [1.82, 2.24) is 4.98 Å². The van der Waals surface area contributed by atoms with E-state index in [4.69, 9.17) is 9.40 Å². The van der Waals surface area contributed by atoms with Crippen LogP contribution in [0.4, 0.5) is 17.1 Å². The summed E-state index contributed by atoms with van der Waals surface area (Å²) < 4.78 is 9.14. The fraction of sp³-hybridized carbons (Fsp3) is 0. The first-order valence-electron chi connectivity index (χ1n) is 17.1. The van der Waals surface area contributed by atoms with Gasteiger partial charge in [-0.05, 0) is 82.1 Å². The Labute approximate surface area is 299 Å². The van der Waals surface area contributed by atoms with E-state index in [2.05, 4.69) is 181 Å². The van der Waals surface area contributed by atoms with E-state index in [0.717, 1.165) is 50.2 Å². The molecule has 0 saturated heterocycles. The minimum atomic E-state index is 0.631. The Hall–Kier alpha value is -6.49. The van der Waals surface area contributed by atoms with Crippen LogP contribution in [0.2, 0.25) is 0 Å². The molecule has 0 aliphatic rings. The quantitative estimate of drug-likeness (QED) is 0.176. The van der Waals surface area contributed by atoms with E-state index in [1.165, 1.54) is 36.7 Å². The number of hydrogen-bond acceptors (Lipinski definition) is 4. The first kappa shape index (κ1) is 29.4. The second-order valence-corrected chi connectivity index (χ2v) is 13.9. The molecule has 0 saturated carbocycles. The van der Waals surface area contributed by atoms with Crippen LogP contribution in [0.5, 0.6) is 0 Å². The highest BCUT2D eigenvalue weighted by Crippen LogP contribution is 2.42. The molecule has 2 aromatic heterocycles. The predicted molar refractivity (Wildman–Crippen MR) is 215 cm³/mol. The second-order valence-electron chi connectivity index (χ2n) is 12.8. The van der Waals surface area contributed by atoms with Gasteiger partial charge < -0.3 is 9.32 Å². The summed E-state index contributed by atoms with van der Waals surface area (Å²) in [5, 5.41) is 4.88. The Morgan fingerprint density at radius 3 is 2.00 bits per heavy atom. The van der Waals surface area contributed by atoms with Crippen molar-refractivity contribution in [2.75, 3.05) is 4.90 Å². The summed E-state index contributed by atoms with van der Waals surface area (Å²) in [5.74, 6) is 0.631. The Morgan fingerprint density at radius 1 is 0.431 bits per heavy atom. The average Bonchev–Trinajstić information content (AvgIpc) is 3.80. The van der Waals surface area contributed by atoms with Gasteiger partial charge in [-0.25, -0.2) is 4.98 Å². The van der Waals surface area contributed by atoms with E-state index in [0.29, 0.717) is 5.89 Å². The molecule has 0 aliphatic carbocycles. The molecule has 51 heavy (non-hydrogen) atoms. The number of rotatable bonds is 6. The van der Waals surface area contributed by atoms with Gasteiger partial charge in [0, 0.05) is 48.4 Å². The van der Waals surface area contributed by atoms with Crippen molar-refractivity contribution in [3.63, 3.8) is 0 Å². The van der Waals surface area contributed by atoms with E-state index >= 15 is 0 Å². The van der Waals surface area contributed by atoms with Crippen LogP contribution in [0.15, 0.2) is 186 Å². The Balaban J connectivity index is 1.08. The van der Waals surface area contributed by atoms with Crippen LogP contribution >= 0.6 is 11.3 Å². The lowest BCUT2D eigenvalue weighted by Crippen LogP contribution is -2.09. The molecule has 0 atom stereocenters. The van der Waals surface area contributed by atoms with E-state index in [1.807, 2.05) is 17.4 Å². The van der Waals surface area contributed by atoms with Gasteiger partial charge in [0.25, 0.3) is 0 Å². The summed E-state index contributed by atoms with van der Waals surface area (Å²) in [5.41, 5.74) is 10.4. The van der Waals surface area contributed by atoms with Gasteiger partial charge in [-0.1, -0.05) is 127 Å². The fourth-order valence-electron chi connectivity index (χ4n) is 7.25. The zero-order valence-electron chi connectivity index (χ0n) is 27.5. The Bertz CT molecular complexity index is 2860. The molecule has 0 N–H and O–H groups in total. The number of benzene rings is 8. The lowest BCUT2D eigenvalue weighted by Gasteiger charge is -2.26. The van der Waals surface area contributed by atoms with Gasteiger partial charge in [-0.15, -0.1) is 11.3 Å². The summed E-state index contributed by atoms with van der Waals surface area (Å²) >= 11 is 1.84. The third kappa shape index (κ3) is 5.16. The maximum atomic E-state index is 6.56. The van der Waals surface area contributed by atoms with Gasteiger partial charge in [0.2, 0.25) is 5.89 Å². The molecule has 0 radical (unpaired) electrons. The predicted octanol–water partition coefficient (Wildman–Crippen LogP) is 13.8. The van der Waals surface area contributed by atoms with Crippen molar-refractivity contribution in [2.24, 2.45) is 0 Å². The second kappa shape index (κ2) is 12.1. The summed E-state index contributed by atoms with van der Waals surface area (Å²) in [7, 11) is 0. The minimum absolute atomic E-state index is 0.631. The highest BCUT2D eigenvalue weighted by atomic mass is 32.1. The van der Waals surface area contributed by atoms with E-state index in [-0.39, 0.29) is 0 Å². The molecule has 0 spiro atoms. The number of thiophene rings is 1. The van der Waals surface area contributed by atoms with Crippen molar-refractivity contribution in [3.8, 4) is 33.7 Å². The van der Waals surface area contributed by atoms with Crippen molar-refractivity contribution >= 4 is 70.4 Å². The molecule has 0 aliphatic heterocycles. The number of fused-ring (bicyclic) bond motifs is 5. The third-order valence-electron chi connectivity index (χ3n) is 9.70. The molecule has 2 heterocycles. The minimum Gasteiger partial charge on any atom is -0.435 e. The summed E-state index contributed by atoms with van der Waals surface area (Å²) in [6.07, 6.45) is 0. The van der Waals surface area contributed by atoms with Crippen LogP contribution in [0.3, 0.4) is 0 Å². The molecule has 240 valence electrons. The highest BCUT2D eigenvalue weighted by Gasteiger charge is 2.18. The van der Waals surface area contributed by atoms with Gasteiger partial charge in [0.1, 0.15) is 5.52 Å². The number of para-hydroxylation sites is 1. The standard InChI is InChI=1S/C47H30N2OS/c1-2-11-31(12-3-1)34-15-8-16-36(29-34)49(37-27-28-41-40-18-6-7-22-44(40)51-45(41)30-37)35-25-23-33(24-26-35)39-19-10-21-43-46(39)50-47(48-43)42-20-9-14-32-13-4-5-17-38(32)42/h1-30H. The largest absolute Gasteiger partial charge is 0.435 e. The Kier molecular flexibility index (Phi) is 7.00. The highest BCUT2D eigenvalue weighted by molar-refractivity contribution is 7.25. The van der Waals surface area contributed by atoms with Crippen LogP contribution in [0, 0.1) is 0 Å². The van der Waals surface area contributed by atoms with Crippen molar-refractivity contribution in [3.05, 3.63) is 182 Å². The van der Waals surface area contributed by atoms with Crippen molar-refractivity contribution in [2.45, 2.75) is 0 Å². The van der Waals surface area contributed by atoms with Crippen LogP contribution in [0.25, 0.3) is 75.8 Å². The molecule has 0 fully saturated rings. The molecule has 3 nitrogen and oxygen atoms in total. The normalized spacial score (nSPS) is 11.5. The molecule has 10 rings (SSSR count). The van der Waals surface area contributed by atoms with Gasteiger partial charge in [0.15, 0.2) is 5.58 Å². The van der Waals surface area contributed by atoms with Gasteiger partial charge >= 0.3 is 0 Å². The topological polar surface area (TPSA) is 29.3 Å². The average molecular weight is 671 g/mol. The molecule has 4 heteroatoms. The number of anilines is 3.